The summed E-state index contributed by atoms with van der Waals surface area (Å²) < 4.78 is 6.53. The summed E-state index contributed by atoms with van der Waals surface area (Å²) in [5, 5.41) is 0.538. The number of aldehydes is 1. The maximum atomic E-state index is 12.6. The molecule has 1 heterocycles. The molecular formula is C17H14N2O3. The van der Waals surface area contributed by atoms with Crippen molar-refractivity contribution in [2.75, 3.05) is 7.11 Å². The Morgan fingerprint density at radius 1 is 1.18 bits per heavy atom. The molecule has 0 N–H and O–H groups in total. The summed E-state index contributed by atoms with van der Waals surface area (Å²) in [5.74, 6) is 0.469. The van der Waals surface area contributed by atoms with Gasteiger partial charge in [-0.15, -0.1) is 0 Å². The first-order chi connectivity index (χ1) is 10.6. The zero-order chi connectivity index (χ0) is 15.7. The molecule has 0 bridgehead atoms. The molecular weight excluding hydrogens is 280 g/mol. The molecule has 5 nitrogen and oxygen atoms in total. The van der Waals surface area contributed by atoms with Gasteiger partial charge >= 0.3 is 0 Å². The van der Waals surface area contributed by atoms with E-state index in [1.54, 1.807) is 24.3 Å². The third kappa shape index (κ3) is 2.26. The Labute approximate surface area is 126 Å². The fourth-order valence-corrected chi connectivity index (χ4v) is 2.38. The summed E-state index contributed by atoms with van der Waals surface area (Å²) in [6.45, 7) is 1.95. The zero-order valence-corrected chi connectivity index (χ0v) is 12.2. The summed E-state index contributed by atoms with van der Waals surface area (Å²) in [6, 6.07) is 10.5. The number of methoxy groups -OCH3 is 1. The maximum Gasteiger partial charge on any atom is 0.265 e. The van der Waals surface area contributed by atoms with Crippen LogP contribution in [0.1, 0.15) is 15.9 Å². The Balaban J connectivity index is 2.22. The lowest BCUT2D eigenvalue weighted by Gasteiger charge is -2.09. The molecule has 0 saturated carbocycles. The van der Waals surface area contributed by atoms with E-state index < -0.39 is 0 Å². The highest BCUT2D eigenvalue weighted by molar-refractivity contribution is 5.81. The van der Waals surface area contributed by atoms with E-state index in [4.69, 9.17) is 4.74 Å². The lowest BCUT2D eigenvalue weighted by molar-refractivity contribution is 0.112. The highest BCUT2D eigenvalue weighted by Gasteiger charge is 2.09. The minimum absolute atomic E-state index is 0.174. The topological polar surface area (TPSA) is 61.2 Å². The minimum Gasteiger partial charge on any atom is -0.496 e. The highest BCUT2D eigenvalue weighted by atomic mass is 16.5. The molecule has 0 unspecified atom stereocenters. The van der Waals surface area contributed by atoms with E-state index in [2.05, 4.69) is 4.98 Å². The molecule has 0 radical (unpaired) electrons. The zero-order valence-electron chi connectivity index (χ0n) is 12.2. The van der Waals surface area contributed by atoms with Crippen LogP contribution >= 0.6 is 0 Å². The number of aryl methyl sites for hydroxylation is 1. The lowest BCUT2D eigenvalue weighted by atomic mass is 10.1. The second kappa shape index (κ2) is 5.44. The number of hydrogen-bond donors (Lipinski definition) is 0. The highest BCUT2D eigenvalue weighted by Crippen LogP contribution is 2.20. The number of hydrogen-bond acceptors (Lipinski definition) is 4. The Kier molecular flexibility index (Phi) is 3.47. The number of carbonyl (C=O) groups excluding carboxylic acids is 1. The molecule has 0 saturated heterocycles. The maximum absolute atomic E-state index is 12.6. The van der Waals surface area contributed by atoms with Gasteiger partial charge in [0.05, 0.1) is 29.3 Å². The Morgan fingerprint density at radius 2 is 2.00 bits per heavy atom. The first-order valence-electron chi connectivity index (χ1n) is 6.75. The fraction of sp³-hybridized carbons (Fsp3) is 0.118. The largest absolute Gasteiger partial charge is 0.496 e. The van der Waals surface area contributed by atoms with Gasteiger partial charge in [0, 0.05) is 0 Å². The number of ether oxygens (including phenoxy) is 1. The number of nitrogens with zero attached hydrogens (tertiary/aromatic N) is 2. The van der Waals surface area contributed by atoms with Crippen LogP contribution in [-0.2, 0) is 0 Å². The van der Waals surface area contributed by atoms with Gasteiger partial charge in [-0.2, -0.15) is 0 Å². The average molecular weight is 294 g/mol. The van der Waals surface area contributed by atoms with E-state index in [-0.39, 0.29) is 5.56 Å². The Hall–Kier alpha value is -2.95. The molecule has 0 fully saturated rings. The van der Waals surface area contributed by atoms with Crippen LogP contribution in [-0.4, -0.2) is 22.9 Å². The number of benzene rings is 2. The SMILES string of the molecule is COc1ccc(-n2cnc3cc(C)ccc3c2=O)cc1C=O. The summed E-state index contributed by atoms with van der Waals surface area (Å²) in [6.07, 6.45) is 2.17. The van der Waals surface area contributed by atoms with Gasteiger partial charge in [-0.05, 0) is 42.8 Å². The van der Waals surface area contributed by atoms with Gasteiger partial charge in [0.1, 0.15) is 12.1 Å². The predicted octanol–water partition coefficient (Wildman–Crippen LogP) is 2.52. The fourth-order valence-electron chi connectivity index (χ4n) is 2.38. The number of rotatable bonds is 3. The molecule has 0 aliphatic carbocycles. The van der Waals surface area contributed by atoms with Crippen molar-refractivity contribution in [1.82, 2.24) is 9.55 Å². The standard InChI is InChI=1S/C17H14N2O3/c1-11-3-5-14-15(7-11)18-10-19(17(14)21)13-4-6-16(22-2)12(8-13)9-20/h3-10H,1-2H3. The van der Waals surface area contributed by atoms with Crippen molar-refractivity contribution in [2.45, 2.75) is 6.92 Å². The van der Waals surface area contributed by atoms with Gasteiger partial charge in [0.15, 0.2) is 6.29 Å². The number of carbonyl (C=O) groups is 1. The van der Waals surface area contributed by atoms with E-state index in [1.165, 1.54) is 18.0 Å². The van der Waals surface area contributed by atoms with Crippen LogP contribution in [0.3, 0.4) is 0 Å². The monoisotopic (exact) mass is 294 g/mol. The third-order valence-corrected chi connectivity index (χ3v) is 3.53. The number of fused-ring (bicyclic) bond motifs is 1. The summed E-state index contributed by atoms with van der Waals surface area (Å²) in [5.41, 5.74) is 2.49. The van der Waals surface area contributed by atoms with Crippen LogP contribution in [0.25, 0.3) is 16.6 Å². The minimum atomic E-state index is -0.174. The summed E-state index contributed by atoms with van der Waals surface area (Å²) >= 11 is 0. The molecule has 0 aliphatic heterocycles. The molecule has 5 heteroatoms. The first kappa shape index (κ1) is 14.0. The molecule has 2 aromatic carbocycles. The molecule has 1 aromatic heterocycles. The van der Waals surface area contributed by atoms with Gasteiger partial charge in [-0.1, -0.05) is 6.07 Å². The van der Waals surface area contributed by atoms with Crippen molar-refractivity contribution >= 4 is 17.2 Å². The van der Waals surface area contributed by atoms with Crippen molar-refractivity contribution < 1.29 is 9.53 Å². The molecule has 0 spiro atoms. The second-order valence-electron chi connectivity index (χ2n) is 4.98. The molecule has 3 aromatic rings. The van der Waals surface area contributed by atoms with Gasteiger partial charge in [0.2, 0.25) is 0 Å². The van der Waals surface area contributed by atoms with Gasteiger partial charge < -0.3 is 4.74 Å². The lowest BCUT2D eigenvalue weighted by Crippen LogP contribution is -2.19. The van der Waals surface area contributed by atoms with E-state index in [0.29, 0.717) is 34.2 Å². The van der Waals surface area contributed by atoms with E-state index in [9.17, 15) is 9.59 Å². The van der Waals surface area contributed by atoms with Crippen molar-refractivity contribution in [3.05, 3.63) is 64.2 Å². The van der Waals surface area contributed by atoms with Crippen LogP contribution in [0, 0.1) is 6.92 Å². The van der Waals surface area contributed by atoms with Crippen LogP contribution < -0.4 is 10.3 Å². The van der Waals surface area contributed by atoms with Crippen molar-refractivity contribution in [3.8, 4) is 11.4 Å². The molecule has 110 valence electrons. The Morgan fingerprint density at radius 3 is 2.73 bits per heavy atom. The van der Waals surface area contributed by atoms with Crippen LogP contribution in [0.2, 0.25) is 0 Å². The first-order valence-corrected chi connectivity index (χ1v) is 6.75. The third-order valence-electron chi connectivity index (χ3n) is 3.53. The summed E-state index contributed by atoms with van der Waals surface area (Å²) in [4.78, 5) is 28.0. The van der Waals surface area contributed by atoms with Gasteiger partial charge in [0.25, 0.3) is 5.56 Å². The van der Waals surface area contributed by atoms with E-state index in [0.717, 1.165) is 5.56 Å². The van der Waals surface area contributed by atoms with Crippen molar-refractivity contribution in [1.29, 1.82) is 0 Å². The predicted molar refractivity (Wildman–Crippen MR) is 84.0 cm³/mol. The number of aromatic nitrogens is 2. The molecule has 0 aliphatic rings. The Bertz CT molecular complexity index is 929. The normalized spacial score (nSPS) is 10.6. The molecule has 3 rings (SSSR count). The molecule has 0 amide bonds. The smallest absolute Gasteiger partial charge is 0.265 e. The van der Waals surface area contributed by atoms with Crippen LogP contribution in [0.4, 0.5) is 0 Å². The molecule has 22 heavy (non-hydrogen) atoms. The van der Waals surface area contributed by atoms with Crippen LogP contribution in [0.15, 0.2) is 47.5 Å². The van der Waals surface area contributed by atoms with Crippen molar-refractivity contribution in [3.63, 3.8) is 0 Å². The quantitative estimate of drug-likeness (QED) is 0.696. The van der Waals surface area contributed by atoms with E-state index >= 15 is 0 Å². The van der Waals surface area contributed by atoms with Crippen LogP contribution in [0.5, 0.6) is 5.75 Å². The average Bonchev–Trinajstić information content (AvgIpc) is 2.54. The van der Waals surface area contributed by atoms with E-state index in [1.807, 2.05) is 19.1 Å². The second-order valence-corrected chi connectivity index (χ2v) is 4.98. The van der Waals surface area contributed by atoms with Crippen molar-refractivity contribution in [2.24, 2.45) is 0 Å². The summed E-state index contributed by atoms with van der Waals surface area (Å²) in [7, 11) is 1.49. The molecule has 0 atom stereocenters. The van der Waals surface area contributed by atoms with Gasteiger partial charge in [-0.25, -0.2) is 4.98 Å². The van der Waals surface area contributed by atoms with Gasteiger partial charge in [-0.3, -0.25) is 14.2 Å².